The Kier molecular flexibility index (Phi) is 9.09. The first-order valence-corrected chi connectivity index (χ1v) is 12.5. The van der Waals surface area contributed by atoms with Gasteiger partial charge in [-0.15, -0.1) is 11.3 Å². The molecule has 1 amide bonds. The number of likely N-dealkylation sites (N-methyl/N-ethyl adjacent to an activating group) is 1. The van der Waals surface area contributed by atoms with Crippen LogP contribution in [0.15, 0.2) is 58.0 Å². The third-order valence-corrected chi connectivity index (χ3v) is 7.05. The minimum atomic E-state index is -0.0293. The van der Waals surface area contributed by atoms with E-state index in [1.807, 2.05) is 36.2 Å². The standard InChI is InChI=1S/C26H36N4O2S/c1-6-19(2)25-22(18-28-4)26(31)30(15-14-29(25)5)20-9-7-10-21(17-20)32-23(12-13-27-3)24-11-8-16-33-24/h7-11,16-19,23,27H,6,12-15H2,1-5H3/b28-18-. The highest BCUT2D eigenvalue weighted by atomic mass is 32.1. The zero-order valence-electron chi connectivity index (χ0n) is 20.4. The van der Waals surface area contributed by atoms with Gasteiger partial charge in [0.2, 0.25) is 0 Å². The molecule has 1 aliphatic rings. The van der Waals surface area contributed by atoms with Crippen LogP contribution in [0.2, 0.25) is 0 Å². The van der Waals surface area contributed by atoms with Crippen molar-refractivity contribution in [2.75, 3.05) is 45.7 Å². The summed E-state index contributed by atoms with van der Waals surface area (Å²) in [5, 5.41) is 5.29. The molecular formula is C26H36N4O2S. The molecule has 0 spiro atoms. The van der Waals surface area contributed by atoms with Crippen molar-refractivity contribution in [3.05, 3.63) is 57.9 Å². The number of hydrogen-bond donors (Lipinski definition) is 1. The molecule has 0 saturated carbocycles. The number of rotatable bonds is 10. The molecule has 0 radical (unpaired) electrons. The third-order valence-electron chi connectivity index (χ3n) is 6.08. The van der Waals surface area contributed by atoms with Gasteiger partial charge in [-0.2, -0.15) is 0 Å². The lowest BCUT2D eigenvalue weighted by Gasteiger charge is -2.26. The molecule has 3 rings (SSSR count). The van der Waals surface area contributed by atoms with Crippen molar-refractivity contribution >= 4 is 29.1 Å². The van der Waals surface area contributed by atoms with Crippen LogP contribution in [0.4, 0.5) is 5.69 Å². The van der Waals surface area contributed by atoms with Gasteiger partial charge in [0.1, 0.15) is 11.9 Å². The molecule has 2 unspecified atom stereocenters. The van der Waals surface area contributed by atoms with E-state index in [9.17, 15) is 4.79 Å². The van der Waals surface area contributed by atoms with Crippen molar-refractivity contribution in [1.29, 1.82) is 0 Å². The Bertz CT molecular complexity index is 970. The number of ether oxygens (including phenoxy) is 1. The summed E-state index contributed by atoms with van der Waals surface area (Å²) in [6.07, 6.45) is 3.52. The van der Waals surface area contributed by atoms with E-state index >= 15 is 0 Å². The summed E-state index contributed by atoms with van der Waals surface area (Å²) in [6, 6.07) is 12.0. The first-order valence-electron chi connectivity index (χ1n) is 11.6. The number of amides is 1. The molecule has 33 heavy (non-hydrogen) atoms. The van der Waals surface area contributed by atoms with Crippen molar-refractivity contribution in [2.24, 2.45) is 10.9 Å². The number of carbonyl (C=O) groups excluding carboxylic acids is 1. The van der Waals surface area contributed by atoms with Crippen LogP contribution < -0.4 is 15.0 Å². The topological polar surface area (TPSA) is 57.2 Å². The van der Waals surface area contributed by atoms with E-state index in [0.29, 0.717) is 12.1 Å². The molecule has 1 aliphatic heterocycles. The number of hydrogen-bond acceptors (Lipinski definition) is 6. The maximum absolute atomic E-state index is 13.7. The maximum Gasteiger partial charge on any atom is 0.261 e. The van der Waals surface area contributed by atoms with E-state index in [1.165, 1.54) is 4.88 Å². The van der Waals surface area contributed by atoms with E-state index in [2.05, 4.69) is 53.6 Å². The minimum Gasteiger partial charge on any atom is -0.485 e. The highest BCUT2D eigenvalue weighted by Gasteiger charge is 2.30. The summed E-state index contributed by atoms with van der Waals surface area (Å²) in [7, 11) is 5.73. The predicted molar refractivity (Wildman–Crippen MR) is 139 cm³/mol. The highest BCUT2D eigenvalue weighted by molar-refractivity contribution is 7.10. The number of anilines is 1. The number of nitrogens with zero attached hydrogens (tertiary/aromatic N) is 3. The number of benzene rings is 1. The fraction of sp³-hybridized carbons (Fsp3) is 0.462. The normalized spacial score (nSPS) is 16.9. The van der Waals surface area contributed by atoms with Crippen LogP contribution in [0.3, 0.4) is 0 Å². The molecular weight excluding hydrogens is 432 g/mol. The largest absolute Gasteiger partial charge is 0.485 e. The van der Waals surface area contributed by atoms with Gasteiger partial charge in [-0.1, -0.05) is 26.0 Å². The molecule has 1 N–H and O–H groups in total. The van der Waals surface area contributed by atoms with Crippen LogP contribution in [0, 0.1) is 5.92 Å². The molecule has 1 aromatic heterocycles. The molecule has 1 aromatic carbocycles. The summed E-state index contributed by atoms with van der Waals surface area (Å²) in [4.78, 5) is 23.1. The van der Waals surface area contributed by atoms with Crippen LogP contribution in [0.1, 0.15) is 37.7 Å². The maximum atomic E-state index is 13.7. The van der Waals surface area contributed by atoms with Crippen LogP contribution in [0.25, 0.3) is 0 Å². The van der Waals surface area contributed by atoms with Gasteiger partial charge in [0.25, 0.3) is 5.91 Å². The quantitative estimate of drug-likeness (QED) is 0.511. The molecule has 0 saturated heterocycles. The second kappa shape index (κ2) is 12.0. The van der Waals surface area contributed by atoms with Crippen molar-refractivity contribution in [2.45, 2.75) is 32.8 Å². The Balaban J connectivity index is 1.91. The average molecular weight is 469 g/mol. The lowest BCUT2D eigenvalue weighted by molar-refractivity contribution is -0.114. The van der Waals surface area contributed by atoms with E-state index in [0.717, 1.165) is 43.1 Å². The van der Waals surface area contributed by atoms with E-state index in [-0.39, 0.29) is 17.9 Å². The van der Waals surface area contributed by atoms with Crippen molar-refractivity contribution < 1.29 is 9.53 Å². The van der Waals surface area contributed by atoms with Crippen LogP contribution in [-0.2, 0) is 4.79 Å². The van der Waals surface area contributed by atoms with Crippen molar-refractivity contribution in [3.63, 3.8) is 0 Å². The van der Waals surface area contributed by atoms with Crippen LogP contribution >= 0.6 is 11.3 Å². The molecule has 7 heteroatoms. The number of nitrogens with one attached hydrogen (secondary N) is 1. The minimum absolute atomic E-state index is 0.0117. The molecule has 0 fully saturated rings. The number of aliphatic imine (C=N–C) groups is 1. The first-order chi connectivity index (χ1) is 16.0. The number of carbonyl (C=O) groups is 1. The van der Waals surface area contributed by atoms with Gasteiger partial charge < -0.3 is 19.9 Å². The lowest BCUT2D eigenvalue weighted by atomic mass is 9.98. The van der Waals surface area contributed by atoms with Gasteiger partial charge >= 0.3 is 0 Å². The van der Waals surface area contributed by atoms with Gasteiger partial charge in [0, 0.05) is 62.1 Å². The Hall–Kier alpha value is -2.64. The smallest absolute Gasteiger partial charge is 0.261 e. The molecule has 2 atom stereocenters. The van der Waals surface area contributed by atoms with Crippen molar-refractivity contribution in [3.8, 4) is 5.75 Å². The van der Waals surface area contributed by atoms with Crippen molar-refractivity contribution in [1.82, 2.24) is 10.2 Å². The lowest BCUT2D eigenvalue weighted by Crippen LogP contribution is -2.34. The fourth-order valence-electron chi connectivity index (χ4n) is 4.16. The van der Waals surface area contributed by atoms with Gasteiger partial charge in [-0.3, -0.25) is 9.79 Å². The monoisotopic (exact) mass is 468 g/mol. The van der Waals surface area contributed by atoms with Gasteiger partial charge in [-0.05, 0) is 49.5 Å². The SMILES string of the molecule is CCC(C)C1=C(/C=N\C)C(=O)N(c2cccc(OC(CCNC)c3cccs3)c2)CCN1C. The highest BCUT2D eigenvalue weighted by Crippen LogP contribution is 2.32. The van der Waals surface area contributed by atoms with E-state index < -0.39 is 0 Å². The van der Waals surface area contributed by atoms with Gasteiger partial charge in [-0.25, -0.2) is 0 Å². The van der Waals surface area contributed by atoms with Gasteiger partial charge in [0.05, 0.1) is 5.57 Å². The fourth-order valence-corrected chi connectivity index (χ4v) is 4.95. The molecule has 178 valence electrons. The molecule has 2 heterocycles. The van der Waals surface area contributed by atoms with Crippen LogP contribution in [-0.4, -0.2) is 57.8 Å². The number of allylic oxidation sites excluding steroid dienone is 1. The second-order valence-electron chi connectivity index (χ2n) is 8.39. The van der Waals surface area contributed by atoms with E-state index in [1.54, 1.807) is 24.6 Å². The molecule has 6 nitrogen and oxygen atoms in total. The Morgan fingerprint density at radius 1 is 1.27 bits per heavy atom. The summed E-state index contributed by atoms with van der Waals surface area (Å²) in [5.74, 6) is 1.03. The Labute approximate surface area is 202 Å². The zero-order chi connectivity index (χ0) is 23.8. The first kappa shape index (κ1) is 25.0. The Morgan fingerprint density at radius 3 is 2.76 bits per heavy atom. The molecule has 2 aromatic rings. The summed E-state index contributed by atoms with van der Waals surface area (Å²) >= 11 is 1.70. The molecule has 0 bridgehead atoms. The second-order valence-corrected chi connectivity index (χ2v) is 9.36. The van der Waals surface area contributed by atoms with E-state index in [4.69, 9.17) is 4.74 Å². The summed E-state index contributed by atoms with van der Waals surface area (Å²) in [5.41, 5.74) is 2.58. The Morgan fingerprint density at radius 2 is 2.09 bits per heavy atom. The number of thiophene rings is 1. The summed E-state index contributed by atoms with van der Waals surface area (Å²) in [6.45, 7) is 6.55. The predicted octanol–water partition coefficient (Wildman–Crippen LogP) is 4.76. The average Bonchev–Trinajstić information content (AvgIpc) is 3.32. The summed E-state index contributed by atoms with van der Waals surface area (Å²) < 4.78 is 6.41. The molecule has 0 aliphatic carbocycles. The van der Waals surface area contributed by atoms with Crippen LogP contribution in [0.5, 0.6) is 5.75 Å². The van der Waals surface area contributed by atoms with Gasteiger partial charge in [0.15, 0.2) is 0 Å². The zero-order valence-corrected chi connectivity index (χ0v) is 21.2. The third kappa shape index (κ3) is 6.03.